The highest BCUT2D eigenvalue weighted by molar-refractivity contribution is 9.10. The van der Waals surface area contributed by atoms with Gasteiger partial charge in [-0.05, 0) is 39.5 Å². The lowest BCUT2D eigenvalue weighted by atomic mass is 9.96. The molecule has 0 atom stereocenters. The topological polar surface area (TPSA) is 29.3 Å². The molecule has 17 heavy (non-hydrogen) atoms. The smallest absolute Gasteiger partial charge is 0.104 e. The van der Waals surface area contributed by atoms with Crippen LogP contribution in [-0.4, -0.2) is 18.6 Å². The molecule has 1 aromatic carbocycles. The maximum Gasteiger partial charge on any atom is 0.104 e. The minimum Gasteiger partial charge on any atom is -0.389 e. The molecule has 1 aromatic rings. The molecular weight excluding hydrogens is 296 g/mol. The van der Waals surface area contributed by atoms with Crippen LogP contribution in [0.15, 0.2) is 22.7 Å². The summed E-state index contributed by atoms with van der Waals surface area (Å²) in [5.74, 6) is 0. The molecule has 0 radical (unpaired) electrons. The van der Waals surface area contributed by atoms with E-state index in [0.717, 1.165) is 22.3 Å². The van der Waals surface area contributed by atoms with Gasteiger partial charge in [0.1, 0.15) is 4.99 Å². The zero-order valence-electron chi connectivity index (χ0n) is 10.7. The second-order valence-corrected chi connectivity index (χ2v) is 6.74. The van der Waals surface area contributed by atoms with E-state index in [2.05, 4.69) is 48.6 Å². The summed E-state index contributed by atoms with van der Waals surface area (Å²) in [6.45, 7) is 7.65. The van der Waals surface area contributed by atoms with Gasteiger partial charge in [0.25, 0.3) is 0 Å². The molecule has 0 aliphatic rings. The zero-order valence-corrected chi connectivity index (χ0v) is 13.2. The fourth-order valence-electron chi connectivity index (χ4n) is 1.77. The van der Waals surface area contributed by atoms with Crippen molar-refractivity contribution in [2.75, 3.05) is 18.5 Å². The van der Waals surface area contributed by atoms with Crippen LogP contribution < -0.4 is 10.6 Å². The highest BCUT2D eigenvalue weighted by atomic mass is 79.9. The standard InChI is InChI=1S/C13H19BrN2S/c1-13(2,3)8-16(4)11-6-5-9(12(15)17)7-10(11)14/h5-7H,8H2,1-4H3,(H2,15,17). The van der Waals surface area contributed by atoms with E-state index in [-0.39, 0.29) is 5.41 Å². The molecular formula is C13H19BrN2S. The summed E-state index contributed by atoms with van der Waals surface area (Å²) >= 11 is 8.53. The van der Waals surface area contributed by atoms with Crippen molar-refractivity contribution in [3.05, 3.63) is 28.2 Å². The van der Waals surface area contributed by atoms with Crippen LogP contribution in [0.4, 0.5) is 5.69 Å². The van der Waals surface area contributed by atoms with Gasteiger partial charge in [0.05, 0.1) is 5.69 Å². The monoisotopic (exact) mass is 314 g/mol. The summed E-state index contributed by atoms with van der Waals surface area (Å²) in [4.78, 5) is 2.66. The molecule has 0 saturated carbocycles. The number of hydrogen-bond donors (Lipinski definition) is 1. The Labute approximate surface area is 117 Å². The van der Waals surface area contributed by atoms with Crippen LogP contribution in [0.25, 0.3) is 0 Å². The molecule has 1 rings (SSSR count). The normalized spacial score (nSPS) is 11.4. The summed E-state index contributed by atoms with van der Waals surface area (Å²) in [6.07, 6.45) is 0. The van der Waals surface area contributed by atoms with Crippen molar-refractivity contribution in [1.82, 2.24) is 0 Å². The average molecular weight is 315 g/mol. The Balaban J connectivity index is 2.96. The van der Waals surface area contributed by atoms with Crippen molar-refractivity contribution in [2.24, 2.45) is 11.1 Å². The Morgan fingerprint density at radius 2 is 2.00 bits per heavy atom. The second kappa shape index (κ2) is 5.36. The lowest BCUT2D eigenvalue weighted by Crippen LogP contribution is -2.29. The van der Waals surface area contributed by atoms with Gasteiger partial charge >= 0.3 is 0 Å². The summed E-state index contributed by atoms with van der Waals surface area (Å²) in [5.41, 5.74) is 7.91. The van der Waals surface area contributed by atoms with Gasteiger partial charge < -0.3 is 10.6 Å². The summed E-state index contributed by atoms with van der Waals surface area (Å²) in [7, 11) is 2.09. The Morgan fingerprint density at radius 1 is 1.41 bits per heavy atom. The first-order chi connectivity index (χ1) is 7.70. The van der Waals surface area contributed by atoms with Gasteiger partial charge in [-0.3, -0.25) is 0 Å². The van der Waals surface area contributed by atoms with E-state index in [0.29, 0.717) is 4.99 Å². The molecule has 2 N–H and O–H groups in total. The first kappa shape index (κ1) is 14.5. The van der Waals surface area contributed by atoms with Gasteiger partial charge in [-0.15, -0.1) is 0 Å². The Bertz CT molecular complexity index is 424. The largest absolute Gasteiger partial charge is 0.389 e. The Morgan fingerprint density at radius 3 is 2.41 bits per heavy atom. The van der Waals surface area contributed by atoms with Crippen LogP contribution in [0.2, 0.25) is 0 Å². The van der Waals surface area contributed by atoms with E-state index in [1.54, 1.807) is 0 Å². The minimum absolute atomic E-state index is 0.260. The Hall–Kier alpha value is -0.610. The van der Waals surface area contributed by atoms with E-state index >= 15 is 0 Å². The van der Waals surface area contributed by atoms with Crippen LogP contribution in [0.1, 0.15) is 26.3 Å². The van der Waals surface area contributed by atoms with Crippen molar-refractivity contribution < 1.29 is 0 Å². The van der Waals surface area contributed by atoms with Gasteiger partial charge in [0.2, 0.25) is 0 Å². The first-order valence-electron chi connectivity index (χ1n) is 5.51. The lowest BCUT2D eigenvalue weighted by molar-refractivity contribution is 0.419. The van der Waals surface area contributed by atoms with E-state index in [1.165, 1.54) is 0 Å². The summed E-state index contributed by atoms with van der Waals surface area (Å²) in [5, 5.41) is 0. The number of hydrogen-bond acceptors (Lipinski definition) is 2. The molecule has 94 valence electrons. The van der Waals surface area contributed by atoms with Crippen LogP contribution >= 0.6 is 28.1 Å². The maximum atomic E-state index is 5.61. The zero-order chi connectivity index (χ0) is 13.2. The fraction of sp³-hybridized carbons (Fsp3) is 0.462. The number of thiocarbonyl (C=S) groups is 1. The third kappa shape index (κ3) is 4.28. The third-order valence-electron chi connectivity index (χ3n) is 2.35. The van der Waals surface area contributed by atoms with Crippen LogP contribution in [-0.2, 0) is 0 Å². The SMILES string of the molecule is CN(CC(C)(C)C)c1ccc(C(N)=S)cc1Br. The van der Waals surface area contributed by atoms with E-state index in [9.17, 15) is 0 Å². The van der Waals surface area contributed by atoms with Crippen molar-refractivity contribution >= 4 is 38.8 Å². The average Bonchev–Trinajstić information content (AvgIpc) is 2.14. The minimum atomic E-state index is 0.260. The molecule has 0 heterocycles. The number of halogens is 1. The van der Waals surface area contributed by atoms with Gasteiger partial charge in [-0.25, -0.2) is 0 Å². The van der Waals surface area contributed by atoms with Crippen LogP contribution in [0.5, 0.6) is 0 Å². The quantitative estimate of drug-likeness (QED) is 0.865. The molecule has 4 heteroatoms. The van der Waals surface area contributed by atoms with Crippen molar-refractivity contribution in [3.8, 4) is 0 Å². The molecule has 0 aromatic heterocycles. The number of rotatable bonds is 3. The van der Waals surface area contributed by atoms with E-state index in [4.69, 9.17) is 18.0 Å². The van der Waals surface area contributed by atoms with E-state index in [1.807, 2.05) is 18.2 Å². The van der Waals surface area contributed by atoms with Gasteiger partial charge in [0, 0.05) is 23.6 Å². The van der Waals surface area contributed by atoms with Crippen LogP contribution in [0.3, 0.4) is 0 Å². The highest BCUT2D eigenvalue weighted by Crippen LogP contribution is 2.28. The van der Waals surface area contributed by atoms with Gasteiger partial charge in [-0.1, -0.05) is 33.0 Å². The van der Waals surface area contributed by atoms with Gasteiger partial charge in [0.15, 0.2) is 0 Å². The fourth-order valence-corrected chi connectivity index (χ4v) is 2.57. The molecule has 0 spiro atoms. The second-order valence-electron chi connectivity index (χ2n) is 5.45. The van der Waals surface area contributed by atoms with Gasteiger partial charge in [-0.2, -0.15) is 0 Å². The predicted octanol–water partition coefficient (Wildman–Crippen LogP) is 3.57. The molecule has 0 saturated heterocycles. The van der Waals surface area contributed by atoms with E-state index < -0.39 is 0 Å². The number of nitrogens with zero attached hydrogens (tertiary/aromatic N) is 1. The highest BCUT2D eigenvalue weighted by Gasteiger charge is 2.15. The molecule has 0 amide bonds. The van der Waals surface area contributed by atoms with Crippen molar-refractivity contribution in [3.63, 3.8) is 0 Å². The summed E-state index contributed by atoms with van der Waals surface area (Å²) < 4.78 is 1.02. The number of anilines is 1. The third-order valence-corrected chi connectivity index (χ3v) is 3.23. The molecule has 0 unspecified atom stereocenters. The number of benzene rings is 1. The molecule has 0 aliphatic heterocycles. The lowest BCUT2D eigenvalue weighted by Gasteiger charge is -2.29. The molecule has 2 nitrogen and oxygen atoms in total. The summed E-state index contributed by atoms with van der Waals surface area (Å²) in [6, 6.07) is 5.97. The maximum absolute atomic E-state index is 5.61. The first-order valence-corrected chi connectivity index (χ1v) is 6.71. The van der Waals surface area contributed by atoms with Crippen molar-refractivity contribution in [2.45, 2.75) is 20.8 Å². The predicted molar refractivity (Wildman–Crippen MR) is 82.8 cm³/mol. The molecule has 0 aliphatic carbocycles. The Kier molecular flexibility index (Phi) is 4.55. The van der Waals surface area contributed by atoms with Crippen molar-refractivity contribution in [1.29, 1.82) is 0 Å². The van der Waals surface area contributed by atoms with Crippen LogP contribution in [0, 0.1) is 5.41 Å². The molecule has 0 fully saturated rings. The molecule has 0 bridgehead atoms. The number of nitrogens with two attached hydrogens (primary N) is 1.